The van der Waals surface area contributed by atoms with Crippen molar-refractivity contribution >= 4 is 68.3 Å². The minimum atomic E-state index is -0.521. The van der Waals surface area contributed by atoms with Gasteiger partial charge in [-0.1, -0.05) is 36.9 Å². The standard InChI is InChI=1S/C62H71N9O8S/c1-6-54(72)64-35-39-11-13-40(14-12-39)58(74)67-52-9-7-8-10-53(52)78-49-23-21-48(22-24-49)77-32-31-69-29-27-41(28-30-69)57(73)65-38(2)51-26-25-50-55(63)56(80-60(50)68-51)59(75)66-44-17-15-43-34-45(18-16-42(43)33-44)70-36-46-19-20-47(37-70)71(46)61(76)79-62(3,4)5/h6-14,16,18,21-26,34,38,41,44,46-47H,1,15,17,19-20,27-33,35-37,63H2,2-5H3,(H,64,72)(H,65,73)(H,66,75)(H,67,74)/t38?,44-,46-,47+/m0/s1. The van der Waals surface area contributed by atoms with Crippen LogP contribution in [0.4, 0.5) is 21.9 Å². The smallest absolute Gasteiger partial charge is 0.410 e. The number of carbonyl (C=O) groups excluding carboxylic acids is 5. The van der Waals surface area contributed by atoms with Gasteiger partial charge in [0.25, 0.3) is 11.8 Å². The normalized spacial score (nSPS) is 18.6. The maximum absolute atomic E-state index is 13.8. The fraction of sp³-hybridized carbons (Fsp3) is 0.387. The van der Waals surface area contributed by atoms with E-state index in [0.29, 0.717) is 69.3 Å². The molecule has 3 saturated heterocycles. The summed E-state index contributed by atoms with van der Waals surface area (Å²) < 4.78 is 18.0. The van der Waals surface area contributed by atoms with Gasteiger partial charge in [-0.3, -0.25) is 29.0 Å². The molecular formula is C62H71N9O8S. The predicted octanol–water partition coefficient (Wildman–Crippen LogP) is 9.57. The first-order chi connectivity index (χ1) is 38.5. The Balaban J connectivity index is 0.643. The molecule has 3 aliphatic heterocycles. The SMILES string of the molecule is C=CC(=O)NCc1ccc(C(=O)Nc2ccccc2Oc2ccc(OCCN3CCC(C(=O)NC(C)c4ccc5c(N)c(C(=O)N[C@H]6CCc7cc(N8C[C@H]9CC[C@@H](C8)N9C(=O)OC(C)(C)C)ccc7C6)sc5n4)CC3)cc2)cc1. The number of anilines is 3. The van der Waals surface area contributed by atoms with Gasteiger partial charge in [-0.05, 0) is 181 Å². The number of nitrogens with one attached hydrogen (secondary N) is 4. The maximum Gasteiger partial charge on any atom is 0.410 e. The lowest BCUT2D eigenvalue weighted by atomic mass is 9.87. The van der Waals surface area contributed by atoms with E-state index in [1.165, 1.54) is 34.2 Å². The van der Waals surface area contributed by atoms with E-state index in [0.717, 1.165) is 82.1 Å². The Labute approximate surface area is 471 Å². The Bertz CT molecular complexity index is 3250. The fourth-order valence-electron chi connectivity index (χ4n) is 11.2. The minimum absolute atomic E-state index is 0.00225. The van der Waals surface area contributed by atoms with Gasteiger partial charge in [0, 0.05) is 54.8 Å². The number of fused-ring (bicyclic) bond motifs is 4. The summed E-state index contributed by atoms with van der Waals surface area (Å²) in [6.45, 7) is 15.8. The summed E-state index contributed by atoms with van der Waals surface area (Å²) in [7, 11) is 0. The van der Waals surface area contributed by atoms with Crippen molar-refractivity contribution in [3.63, 3.8) is 0 Å². The van der Waals surface area contributed by atoms with E-state index < -0.39 is 5.60 Å². The van der Waals surface area contributed by atoms with Gasteiger partial charge in [0.05, 0.1) is 35.2 Å². The van der Waals surface area contributed by atoms with Crippen LogP contribution in [0.25, 0.3) is 10.2 Å². The third-order valence-electron chi connectivity index (χ3n) is 15.5. The highest BCUT2D eigenvalue weighted by molar-refractivity contribution is 7.21. The number of hydrogen-bond acceptors (Lipinski definition) is 13. The predicted molar refractivity (Wildman–Crippen MR) is 311 cm³/mol. The molecule has 2 bridgehead atoms. The molecule has 6 aromatic rings. The topological polar surface area (TPSA) is 210 Å². The van der Waals surface area contributed by atoms with E-state index in [4.69, 9.17) is 24.9 Å². The Kier molecular flexibility index (Phi) is 16.7. The summed E-state index contributed by atoms with van der Waals surface area (Å²) in [5.41, 5.74) is 12.8. The number of nitrogen functional groups attached to an aromatic ring is 1. The van der Waals surface area contributed by atoms with Gasteiger partial charge < -0.3 is 46.1 Å². The van der Waals surface area contributed by atoms with Gasteiger partial charge in [0.2, 0.25) is 11.8 Å². The van der Waals surface area contributed by atoms with Crippen molar-refractivity contribution in [2.24, 2.45) is 5.92 Å². The van der Waals surface area contributed by atoms with Crippen molar-refractivity contribution in [1.82, 2.24) is 30.7 Å². The van der Waals surface area contributed by atoms with E-state index in [1.807, 2.05) is 81.1 Å². The quantitative estimate of drug-likeness (QED) is 0.0541. The van der Waals surface area contributed by atoms with Gasteiger partial charge in [-0.25, -0.2) is 9.78 Å². The first kappa shape index (κ1) is 55.4. The number of thiophene rings is 1. The number of piperazine rings is 1. The number of likely N-dealkylation sites (tertiary alicyclic amines) is 1. The second kappa shape index (κ2) is 24.2. The number of aryl methyl sites for hydroxylation is 1. The Morgan fingerprint density at radius 2 is 1.57 bits per heavy atom. The zero-order valence-electron chi connectivity index (χ0n) is 45.9. The highest BCUT2D eigenvalue weighted by Gasteiger charge is 2.44. The average Bonchev–Trinajstić information content (AvgIpc) is 3.93. The van der Waals surface area contributed by atoms with E-state index in [-0.39, 0.29) is 59.8 Å². The first-order valence-corrected chi connectivity index (χ1v) is 28.6. The van der Waals surface area contributed by atoms with Crippen LogP contribution >= 0.6 is 11.3 Å². The summed E-state index contributed by atoms with van der Waals surface area (Å²) >= 11 is 1.28. The van der Waals surface area contributed by atoms with Crippen molar-refractivity contribution in [3.8, 4) is 17.2 Å². The molecule has 0 radical (unpaired) electrons. The molecule has 5 amide bonds. The molecular weight excluding hydrogens is 1030 g/mol. The molecule has 5 heterocycles. The second-order valence-corrected chi connectivity index (χ2v) is 23.3. The van der Waals surface area contributed by atoms with Crippen LogP contribution in [0.3, 0.4) is 0 Å². The molecule has 0 saturated carbocycles. The number of pyridine rings is 1. The molecule has 10 rings (SSSR count). The fourth-order valence-corrected chi connectivity index (χ4v) is 12.2. The molecule has 4 aromatic carbocycles. The van der Waals surface area contributed by atoms with Crippen molar-refractivity contribution in [1.29, 1.82) is 0 Å². The third kappa shape index (κ3) is 13.2. The van der Waals surface area contributed by atoms with Crippen LogP contribution in [-0.2, 0) is 33.7 Å². The number of rotatable bonds is 17. The number of benzene rings is 4. The molecule has 18 heteroatoms. The number of piperidine rings is 1. The van der Waals surface area contributed by atoms with Crippen LogP contribution < -0.4 is 41.4 Å². The zero-order valence-corrected chi connectivity index (χ0v) is 46.7. The van der Waals surface area contributed by atoms with Crippen molar-refractivity contribution in [2.45, 2.75) is 109 Å². The van der Waals surface area contributed by atoms with Gasteiger partial charge in [0.1, 0.15) is 33.4 Å². The van der Waals surface area contributed by atoms with E-state index in [1.54, 1.807) is 36.4 Å². The van der Waals surface area contributed by atoms with Crippen LogP contribution in [0.1, 0.15) is 108 Å². The summed E-state index contributed by atoms with van der Waals surface area (Å²) in [6, 6.07) is 31.9. The molecule has 2 aromatic heterocycles. The van der Waals surface area contributed by atoms with Crippen molar-refractivity contribution in [3.05, 3.63) is 149 Å². The van der Waals surface area contributed by atoms with Crippen LogP contribution in [0.15, 0.2) is 116 Å². The highest BCUT2D eigenvalue weighted by atomic mass is 32.1. The molecule has 1 aliphatic carbocycles. The number of nitrogens with two attached hydrogens (primary N) is 1. The summed E-state index contributed by atoms with van der Waals surface area (Å²) in [5, 5.41) is 12.8. The molecule has 3 fully saturated rings. The van der Waals surface area contributed by atoms with Gasteiger partial charge in [0.15, 0.2) is 5.75 Å². The summed E-state index contributed by atoms with van der Waals surface area (Å²) in [6.07, 6.45) is 6.83. The maximum atomic E-state index is 13.8. The van der Waals surface area contributed by atoms with Gasteiger partial charge >= 0.3 is 6.09 Å². The third-order valence-corrected chi connectivity index (χ3v) is 16.6. The number of para-hydroxylation sites is 2. The van der Waals surface area contributed by atoms with Gasteiger partial charge in [-0.2, -0.15) is 0 Å². The largest absolute Gasteiger partial charge is 0.492 e. The highest BCUT2D eigenvalue weighted by Crippen LogP contribution is 2.38. The zero-order chi connectivity index (χ0) is 56.1. The Morgan fingerprint density at radius 3 is 2.30 bits per heavy atom. The molecule has 418 valence electrons. The summed E-state index contributed by atoms with van der Waals surface area (Å²) in [5.74, 6) is 0.885. The van der Waals surface area contributed by atoms with Crippen molar-refractivity contribution < 1.29 is 38.2 Å². The number of hydrogen-bond donors (Lipinski definition) is 5. The molecule has 4 aliphatic rings. The molecule has 0 spiro atoms. The number of amides is 5. The lowest BCUT2D eigenvalue weighted by molar-refractivity contribution is -0.127. The lowest BCUT2D eigenvalue weighted by Crippen LogP contribution is -2.56. The number of aromatic nitrogens is 1. The van der Waals surface area contributed by atoms with Crippen LogP contribution in [0.5, 0.6) is 17.2 Å². The first-order valence-electron chi connectivity index (χ1n) is 27.7. The van der Waals surface area contributed by atoms with E-state index in [9.17, 15) is 24.0 Å². The van der Waals surface area contributed by atoms with Crippen molar-refractivity contribution in [2.75, 3.05) is 55.3 Å². The number of ether oxygens (including phenoxy) is 3. The molecule has 4 atom stereocenters. The van der Waals surface area contributed by atoms with E-state index in [2.05, 4.69) is 55.8 Å². The Morgan fingerprint density at radius 1 is 0.850 bits per heavy atom. The van der Waals surface area contributed by atoms with Crippen LogP contribution in [0, 0.1) is 5.92 Å². The Hall–Kier alpha value is -7.96. The lowest BCUT2D eigenvalue weighted by Gasteiger charge is -2.42. The van der Waals surface area contributed by atoms with Crippen LogP contribution in [-0.4, -0.2) is 108 Å². The van der Waals surface area contributed by atoms with Gasteiger partial charge in [-0.15, -0.1) is 11.3 Å². The summed E-state index contributed by atoms with van der Waals surface area (Å²) in [4.78, 5) is 77.7. The van der Waals surface area contributed by atoms with Crippen LogP contribution in [0.2, 0.25) is 0 Å². The van der Waals surface area contributed by atoms with E-state index >= 15 is 0 Å². The second-order valence-electron chi connectivity index (χ2n) is 22.3. The average molecular weight is 1100 g/mol. The molecule has 1 unspecified atom stereocenters. The minimum Gasteiger partial charge on any atom is -0.492 e. The molecule has 80 heavy (non-hydrogen) atoms. The molecule has 6 N–H and O–H groups in total. The molecule has 17 nitrogen and oxygen atoms in total. The monoisotopic (exact) mass is 1100 g/mol. The number of nitrogens with zero attached hydrogens (tertiary/aromatic N) is 4. The number of carbonyl (C=O) groups is 5.